The second kappa shape index (κ2) is 5.65. The van der Waals surface area contributed by atoms with Gasteiger partial charge in [-0.1, -0.05) is 36.7 Å². The van der Waals surface area contributed by atoms with Crippen LogP contribution >= 0.6 is 11.6 Å². The van der Waals surface area contributed by atoms with E-state index in [0.29, 0.717) is 5.02 Å². The lowest BCUT2D eigenvalue weighted by molar-refractivity contribution is 0.319. The standard InChI is InChI=1S/C14H18ClNO2S/c1-3-16-9-7-11(8-10-16)12-5-4-6-13(14(12)15)19(2,17)18/h4-7H,3,8-10H2,1-2H3. The summed E-state index contributed by atoms with van der Waals surface area (Å²) in [5.74, 6) is 0. The van der Waals surface area contributed by atoms with Crippen LogP contribution in [-0.2, 0) is 9.84 Å². The van der Waals surface area contributed by atoms with Crippen molar-refractivity contribution in [3.8, 4) is 0 Å². The molecule has 0 saturated heterocycles. The van der Waals surface area contributed by atoms with Crippen molar-refractivity contribution in [3.05, 3.63) is 34.9 Å². The maximum atomic E-state index is 11.7. The first kappa shape index (κ1) is 14.6. The van der Waals surface area contributed by atoms with Gasteiger partial charge in [0.15, 0.2) is 9.84 Å². The molecule has 0 radical (unpaired) electrons. The summed E-state index contributed by atoms with van der Waals surface area (Å²) in [6.07, 6.45) is 4.23. The van der Waals surface area contributed by atoms with Gasteiger partial charge in [0, 0.05) is 19.3 Å². The zero-order valence-electron chi connectivity index (χ0n) is 11.2. The van der Waals surface area contributed by atoms with Gasteiger partial charge < -0.3 is 0 Å². The molecule has 0 amide bonds. The van der Waals surface area contributed by atoms with Gasteiger partial charge in [-0.25, -0.2) is 8.42 Å². The lowest BCUT2D eigenvalue weighted by atomic mass is 9.99. The van der Waals surface area contributed by atoms with Gasteiger partial charge in [-0.3, -0.25) is 4.90 Å². The number of halogens is 1. The molecule has 0 atom stereocenters. The number of rotatable bonds is 3. The summed E-state index contributed by atoms with van der Waals surface area (Å²) in [7, 11) is -3.28. The average Bonchev–Trinajstić information content (AvgIpc) is 2.38. The van der Waals surface area contributed by atoms with E-state index in [1.807, 2.05) is 6.07 Å². The lowest BCUT2D eigenvalue weighted by Crippen LogP contribution is -2.28. The highest BCUT2D eigenvalue weighted by atomic mass is 35.5. The molecule has 0 saturated carbocycles. The van der Waals surface area contributed by atoms with Gasteiger partial charge in [0.1, 0.15) is 0 Å². The van der Waals surface area contributed by atoms with E-state index in [1.165, 1.54) is 6.26 Å². The molecule has 1 heterocycles. The van der Waals surface area contributed by atoms with E-state index in [2.05, 4.69) is 17.9 Å². The predicted octanol–water partition coefficient (Wildman–Crippen LogP) is 2.85. The minimum absolute atomic E-state index is 0.213. The molecule has 0 N–H and O–H groups in total. The molecule has 1 aliphatic heterocycles. The van der Waals surface area contributed by atoms with E-state index in [0.717, 1.165) is 37.2 Å². The third-order valence-corrected chi connectivity index (χ3v) is 5.11. The molecular formula is C14H18ClNO2S. The normalized spacial score (nSPS) is 17.3. The lowest BCUT2D eigenvalue weighted by Gasteiger charge is -2.25. The SMILES string of the molecule is CCN1CC=C(c2cccc(S(C)(=O)=O)c2Cl)CC1. The zero-order valence-corrected chi connectivity index (χ0v) is 12.8. The van der Waals surface area contributed by atoms with Gasteiger partial charge in [-0.05, 0) is 30.2 Å². The summed E-state index contributed by atoms with van der Waals surface area (Å²) in [6, 6.07) is 5.21. The highest BCUT2D eigenvalue weighted by Gasteiger charge is 2.19. The number of benzene rings is 1. The Morgan fingerprint density at radius 3 is 2.63 bits per heavy atom. The molecule has 3 nitrogen and oxygen atoms in total. The van der Waals surface area contributed by atoms with Crippen molar-refractivity contribution in [2.75, 3.05) is 25.9 Å². The maximum Gasteiger partial charge on any atom is 0.177 e. The second-order valence-electron chi connectivity index (χ2n) is 4.76. The Bertz CT molecular complexity index is 608. The van der Waals surface area contributed by atoms with E-state index in [4.69, 9.17) is 11.6 Å². The molecule has 0 spiro atoms. The van der Waals surface area contributed by atoms with Crippen LogP contribution in [0.15, 0.2) is 29.2 Å². The molecule has 1 aliphatic rings. The van der Waals surface area contributed by atoms with Gasteiger partial charge >= 0.3 is 0 Å². The van der Waals surface area contributed by atoms with Crippen LogP contribution < -0.4 is 0 Å². The average molecular weight is 300 g/mol. The van der Waals surface area contributed by atoms with Crippen LogP contribution in [0.5, 0.6) is 0 Å². The van der Waals surface area contributed by atoms with Crippen LogP contribution in [0.25, 0.3) is 5.57 Å². The van der Waals surface area contributed by atoms with E-state index in [9.17, 15) is 8.42 Å². The fraction of sp³-hybridized carbons (Fsp3) is 0.429. The van der Waals surface area contributed by atoms with Crippen molar-refractivity contribution in [2.24, 2.45) is 0 Å². The quantitative estimate of drug-likeness (QED) is 0.861. The molecule has 19 heavy (non-hydrogen) atoms. The highest BCUT2D eigenvalue weighted by molar-refractivity contribution is 7.90. The summed E-state index contributed by atoms with van der Waals surface area (Å²) in [5.41, 5.74) is 1.99. The van der Waals surface area contributed by atoms with Gasteiger partial charge in [-0.15, -0.1) is 0 Å². The molecule has 104 valence electrons. The number of nitrogens with zero attached hydrogens (tertiary/aromatic N) is 1. The van der Waals surface area contributed by atoms with E-state index >= 15 is 0 Å². The number of hydrogen-bond donors (Lipinski definition) is 0. The summed E-state index contributed by atoms with van der Waals surface area (Å²) in [6.45, 7) is 5.05. The topological polar surface area (TPSA) is 37.4 Å². The summed E-state index contributed by atoms with van der Waals surface area (Å²) in [4.78, 5) is 2.54. The fourth-order valence-electron chi connectivity index (χ4n) is 2.29. The van der Waals surface area contributed by atoms with Crippen molar-refractivity contribution in [3.63, 3.8) is 0 Å². The summed E-state index contributed by atoms with van der Waals surface area (Å²) < 4.78 is 23.3. The smallest absolute Gasteiger partial charge is 0.177 e. The first-order chi connectivity index (χ1) is 8.93. The molecular weight excluding hydrogens is 282 g/mol. The molecule has 5 heteroatoms. The van der Waals surface area contributed by atoms with Gasteiger partial charge in [0.05, 0.1) is 9.92 Å². The Hall–Kier alpha value is -0.840. The number of likely N-dealkylation sites (N-methyl/N-ethyl adjacent to an activating group) is 1. The monoisotopic (exact) mass is 299 g/mol. The van der Waals surface area contributed by atoms with Crippen molar-refractivity contribution in [1.82, 2.24) is 4.90 Å². The first-order valence-electron chi connectivity index (χ1n) is 6.33. The third-order valence-electron chi connectivity index (χ3n) is 3.45. The first-order valence-corrected chi connectivity index (χ1v) is 8.60. The molecule has 0 unspecified atom stereocenters. The summed E-state index contributed by atoms with van der Waals surface area (Å²) in [5, 5.41) is 0.348. The number of sulfone groups is 1. The Balaban J connectivity index is 2.40. The molecule has 0 aromatic heterocycles. The third kappa shape index (κ3) is 3.19. The van der Waals surface area contributed by atoms with E-state index < -0.39 is 9.84 Å². The number of hydrogen-bond acceptors (Lipinski definition) is 3. The van der Waals surface area contributed by atoms with Gasteiger partial charge in [0.2, 0.25) is 0 Å². The Morgan fingerprint density at radius 2 is 2.11 bits per heavy atom. The largest absolute Gasteiger partial charge is 0.300 e. The van der Waals surface area contributed by atoms with E-state index in [-0.39, 0.29) is 4.90 Å². The van der Waals surface area contributed by atoms with Crippen molar-refractivity contribution in [2.45, 2.75) is 18.2 Å². The fourth-order valence-corrected chi connectivity index (χ4v) is 3.72. The van der Waals surface area contributed by atoms with Crippen molar-refractivity contribution >= 4 is 27.0 Å². The van der Waals surface area contributed by atoms with E-state index in [1.54, 1.807) is 12.1 Å². The molecule has 2 rings (SSSR count). The van der Waals surface area contributed by atoms with Crippen LogP contribution in [-0.4, -0.2) is 39.2 Å². The second-order valence-corrected chi connectivity index (χ2v) is 7.12. The minimum atomic E-state index is -3.28. The Kier molecular flexibility index (Phi) is 4.33. The predicted molar refractivity (Wildman–Crippen MR) is 79.3 cm³/mol. The molecule has 1 aromatic carbocycles. The van der Waals surface area contributed by atoms with Crippen LogP contribution in [0.3, 0.4) is 0 Å². The Labute approximate surface area is 119 Å². The van der Waals surface area contributed by atoms with Crippen molar-refractivity contribution < 1.29 is 8.42 Å². The van der Waals surface area contributed by atoms with Crippen LogP contribution in [0.4, 0.5) is 0 Å². The maximum absolute atomic E-state index is 11.7. The Morgan fingerprint density at radius 1 is 1.37 bits per heavy atom. The molecule has 1 aromatic rings. The highest BCUT2D eigenvalue weighted by Crippen LogP contribution is 2.32. The van der Waals surface area contributed by atoms with Crippen molar-refractivity contribution in [1.29, 1.82) is 0 Å². The van der Waals surface area contributed by atoms with Crippen LogP contribution in [0.1, 0.15) is 18.9 Å². The molecule has 0 aliphatic carbocycles. The molecule has 0 fully saturated rings. The minimum Gasteiger partial charge on any atom is -0.300 e. The van der Waals surface area contributed by atoms with Crippen LogP contribution in [0, 0.1) is 0 Å². The zero-order chi connectivity index (χ0) is 14.0. The van der Waals surface area contributed by atoms with Gasteiger partial charge in [0.25, 0.3) is 0 Å². The van der Waals surface area contributed by atoms with Crippen LogP contribution in [0.2, 0.25) is 5.02 Å². The summed E-state index contributed by atoms with van der Waals surface area (Å²) >= 11 is 6.26. The molecule has 0 bridgehead atoms. The van der Waals surface area contributed by atoms with Gasteiger partial charge in [-0.2, -0.15) is 0 Å².